The third-order valence-electron chi connectivity index (χ3n) is 5.60. The lowest BCUT2D eigenvalue weighted by molar-refractivity contribution is 0.0600. The van der Waals surface area contributed by atoms with Crippen LogP contribution in [-0.4, -0.2) is 38.3 Å². The summed E-state index contributed by atoms with van der Waals surface area (Å²) in [4.78, 5) is 16.0. The molecular formula is C29H28N2O4. The normalized spacial score (nSPS) is 11.2. The molecule has 0 amide bonds. The Balaban J connectivity index is 1.48. The molecular weight excluding hydrogens is 440 g/mol. The summed E-state index contributed by atoms with van der Waals surface area (Å²) in [6.45, 7) is 1.15. The summed E-state index contributed by atoms with van der Waals surface area (Å²) >= 11 is 0. The minimum atomic E-state index is -0.349. The second-order valence-electron chi connectivity index (χ2n) is 7.93. The standard InChI is InChI=1S/C29H28N2O4/c1-33-28-15-14-25(20-31-28)30-19-22(18-21-10-12-24(13-11-21)29(32)34-2)16-17-35-27-9-5-7-23-6-3-4-8-26(23)27/h3-15,18,20,30H,16-17,19H2,1-2H3. The topological polar surface area (TPSA) is 69.7 Å². The van der Waals surface area contributed by atoms with Crippen LogP contribution in [0, 0.1) is 0 Å². The van der Waals surface area contributed by atoms with Crippen molar-refractivity contribution in [3.05, 3.63) is 102 Å². The first kappa shape index (κ1) is 23.8. The van der Waals surface area contributed by atoms with E-state index in [1.165, 1.54) is 7.11 Å². The molecule has 1 N–H and O–H groups in total. The Bertz CT molecular complexity index is 1290. The van der Waals surface area contributed by atoms with E-state index in [0.717, 1.165) is 39.8 Å². The molecule has 6 nitrogen and oxygen atoms in total. The fraction of sp³-hybridized carbons (Fsp3) is 0.172. The van der Waals surface area contributed by atoms with E-state index in [1.807, 2.05) is 48.5 Å². The fourth-order valence-electron chi connectivity index (χ4n) is 3.72. The smallest absolute Gasteiger partial charge is 0.337 e. The zero-order valence-corrected chi connectivity index (χ0v) is 19.9. The minimum absolute atomic E-state index is 0.349. The highest BCUT2D eigenvalue weighted by molar-refractivity contribution is 5.89. The average Bonchev–Trinajstić information content (AvgIpc) is 2.92. The number of anilines is 1. The number of nitrogens with one attached hydrogen (secondary N) is 1. The molecule has 0 spiro atoms. The first-order valence-corrected chi connectivity index (χ1v) is 11.4. The Morgan fingerprint density at radius 2 is 1.74 bits per heavy atom. The van der Waals surface area contributed by atoms with E-state index >= 15 is 0 Å². The van der Waals surface area contributed by atoms with Gasteiger partial charge in [-0.2, -0.15) is 0 Å². The van der Waals surface area contributed by atoms with Crippen LogP contribution in [0.3, 0.4) is 0 Å². The predicted octanol–water partition coefficient (Wildman–Crippen LogP) is 5.99. The van der Waals surface area contributed by atoms with Gasteiger partial charge in [0.2, 0.25) is 5.88 Å². The van der Waals surface area contributed by atoms with Gasteiger partial charge in [0.1, 0.15) is 5.75 Å². The van der Waals surface area contributed by atoms with Crippen LogP contribution in [0.25, 0.3) is 16.8 Å². The van der Waals surface area contributed by atoms with Gasteiger partial charge in [0.05, 0.1) is 38.3 Å². The molecule has 35 heavy (non-hydrogen) atoms. The molecule has 0 aliphatic rings. The van der Waals surface area contributed by atoms with Crippen molar-refractivity contribution in [2.24, 2.45) is 0 Å². The average molecular weight is 469 g/mol. The van der Waals surface area contributed by atoms with Gasteiger partial charge in [-0.25, -0.2) is 9.78 Å². The van der Waals surface area contributed by atoms with Gasteiger partial charge >= 0.3 is 5.97 Å². The summed E-state index contributed by atoms with van der Waals surface area (Å²) in [6, 6.07) is 25.4. The second-order valence-corrected chi connectivity index (χ2v) is 7.93. The van der Waals surface area contributed by atoms with Gasteiger partial charge < -0.3 is 19.5 Å². The van der Waals surface area contributed by atoms with Crippen molar-refractivity contribution in [2.45, 2.75) is 6.42 Å². The van der Waals surface area contributed by atoms with E-state index in [4.69, 9.17) is 14.2 Å². The molecule has 0 radical (unpaired) electrons. The van der Waals surface area contributed by atoms with Crippen molar-refractivity contribution in [2.75, 3.05) is 32.7 Å². The molecule has 1 heterocycles. The zero-order valence-electron chi connectivity index (χ0n) is 19.9. The molecule has 178 valence electrons. The molecule has 6 heteroatoms. The van der Waals surface area contributed by atoms with Crippen LogP contribution in [-0.2, 0) is 4.74 Å². The molecule has 4 rings (SSSR count). The van der Waals surface area contributed by atoms with Crippen molar-refractivity contribution in [1.82, 2.24) is 4.98 Å². The molecule has 0 aliphatic carbocycles. The Labute approximate surface area is 205 Å². The van der Waals surface area contributed by atoms with Crippen LogP contribution in [0.1, 0.15) is 22.3 Å². The first-order chi connectivity index (χ1) is 17.2. The Morgan fingerprint density at radius 3 is 2.49 bits per heavy atom. The SMILES string of the molecule is COC(=O)c1ccc(C=C(CCOc2cccc3ccccc23)CNc2ccc(OC)nc2)cc1. The molecule has 1 aromatic heterocycles. The highest BCUT2D eigenvalue weighted by atomic mass is 16.5. The third-order valence-corrected chi connectivity index (χ3v) is 5.60. The van der Waals surface area contributed by atoms with Crippen LogP contribution in [0.5, 0.6) is 11.6 Å². The maximum absolute atomic E-state index is 11.7. The second kappa shape index (κ2) is 11.7. The summed E-state index contributed by atoms with van der Waals surface area (Å²) in [6.07, 6.45) is 4.57. The fourth-order valence-corrected chi connectivity index (χ4v) is 3.72. The van der Waals surface area contributed by atoms with E-state index in [2.05, 4.69) is 34.6 Å². The molecule has 3 aromatic carbocycles. The van der Waals surface area contributed by atoms with E-state index in [9.17, 15) is 4.79 Å². The number of nitrogens with zero attached hydrogens (tertiary/aromatic N) is 1. The van der Waals surface area contributed by atoms with E-state index in [-0.39, 0.29) is 5.97 Å². The number of aromatic nitrogens is 1. The number of hydrogen-bond acceptors (Lipinski definition) is 6. The third kappa shape index (κ3) is 6.38. The van der Waals surface area contributed by atoms with Gasteiger partial charge in [0.25, 0.3) is 0 Å². The number of carbonyl (C=O) groups excluding carboxylic acids is 1. The van der Waals surface area contributed by atoms with Crippen molar-refractivity contribution in [3.8, 4) is 11.6 Å². The van der Waals surface area contributed by atoms with Crippen LogP contribution in [0.2, 0.25) is 0 Å². The highest BCUT2D eigenvalue weighted by Gasteiger charge is 2.07. The van der Waals surface area contributed by atoms with Crippen LogP contribution in [0.15, 0.2) is 90.6 Å². The molecule has 0 aliphatic heterocycles. The van der Waals surface area contributed by atoms with Gasteiger partial charge in [0.15, 0.2) is 0 Å². The molecule has 0 saturated carbocycles. The lowest BCUT2D eigenvalue weighted by Crippen LogP contribution is -2.09. The molecule has 0 bridgehead atoms. The Morgan fingerprint density at radius 1 is 0.943 bits per heavy atom. The largest absolute Gasteiger partial charge is 0.493 e. The van der Waals surface area contributed by atoms with Crippen LogP contribution >= 0.6 is 0 Å². The maximum atomic E-state index is 11.7. The molecule has 0 unspecified atom stereocenters. The van der Waals surface area contributed by atoms with Gasteiger partial charge in [-0.15, -0.1) is 0 Å². The van der Waals surface area contributed by atoms with E-state index < -0.39 is 0 Å². The highest BCUT2D eigenvalue weighted by Crippen LogP contribution is 2.25. The van der Waals surface area contributed by atoms with E-state index in [1.54, 1.807) is 25.4 Å². The lowest BCUT2D eigenvalue weighted by atomic mass is 10.1. The number of ether oxygens (including phenoxy) is 3. The first-order valence-electron chi connectivity index (χ1n) is 11.4. The lowest BCUT2D eigenvalue weighted by Gasteiger charge is -2.13. The zero-order chi connectivity index (χ0) is 24.5. The predicted molar refractivity (Wildman–Crippen MR) is 139 cm³/mol. The summed E-state index contributed by atoms with van der Waals surface area (Å²) in [5.41, 5.74) is 3.56. The van der Waals surface area contributed by atoms with Crippen LogP contribution < -0.4 is 14.8 Å². The van der Waals surface area contributed by atoms with Gasteiger partial charge in [0, 0.05) is 24.4 Å². The number of hydrogen-bond donors (Lipinski definition) is 1. The number of fused-ring (bicyclic) bond motifs is 1. The monoisotopic (exact) mass is 468 g/mol. The number of methoxy groups -OCH3 is 2. The van der Waals surface area contributed by atoms with Crippen molar-refractivity contribution < 1.29 is 19.0 Å². The summed E-state index contributed by atoms with van der Waals surface area (Å²) in [5, 5.41) is 5.67. The minimum Gasteiger partial charge on any atom is -0.493 e. The van der Waals surface area contributed by atoms with Gasteiger partial charge in [-0.1, -0.05) is 54.6 Å². The molecule has 0 atom stereocenters. The number of pyridine rings is 1. The van der Waals surface area contributed by atoms with Gasteiger partial charge in [-0.3, -0.25) is 0 Å². The quantitative estimate of drug-likeness (QED) is 0.288. The Hall–Kier alpha value is -4.32. The summed E-state index contributed by atoms with van der Waals surface area (Å²) < 4.78 is 16.1. The number of benzene rings is 3. The maximum Gasteiger partial charge on any atom is 0.337 e. The van der Waals surface area contributed by atoms with Gasteiger partial charge in [-0.05, 0) is 40.8 Å². The summed E-state index contributed by atoms with van der Waals surface area (Å²) in [5.74, 6) is 1.09. The van der Waals surface area contributed by atoms with Crippen LogP contribution in [0.4, 0.5) is 5.69 Å². The summed E-state index contributed by atoms with van der Waals surface area (Å²) in [7, 11) is 2.97. The molecule has 0 fully saturated rings. The van der Waals surface area contributed by atoms with Crippen molar-refractivity contribution in [3.63, 3.8) is 0 Å². The molecule has 4 aromatic rings. The number of carbonyl (C=O) groups is 1. The Kier molecular flexibility index (Phi) is 7.96. The van der Waals surface area contributed by atoms with Crippen molar-refractivity contribution >= 4 is 28.5 Å². The van der Waals surface area contributed by atoms with Crippen molar-refractivity contribution in [1.29, 1.82) is 0 Å². The molecule has 0 saturated heterocycles. The van der Waals surface area contributed by atoms with E-state index in [0.29, 0.717) is 24.6 Å². The number of esters is 1. The number of rotatable bonds is 10.